The Kier molecular flexibility index (Phi) is 8.49. The first kappa shape index (κ1) is 22.7. The molecule has 1 atom stereocenters. The molecular weight excluding hydrogens is 388 g/mol. The summed E-state index contributed by atoms with van der Waals surface area (Å²) in [6.07, 6.45) is 0. The molecule has 0 spiro atoms. The summed E-state index contributed by atoms with van der Waals surface area (Å²) < 4.78 is 0. The summed E-state index contributed by atoms with van der Waals surface area (Å²) >= 11 is 6.32. The van der Waals surface area contributed by atoms with Crippen LogP contribution < -0.4 is 16.0 Å². The van der Waals surface area contributed by atoms with Crippen molar-refractivity contribution in [1.29, 1.82) is 0 Å². The highest BCUT2D eigenvalue weighted by Crippen LogP contribution is 2.25. The number of nitrogens with one attached hydrogen (secondary N) is 3. The van der Waals surface area contributed by atoms with Crippen molar-refractivity contribution in [2.45, 2.75) is 32.5 Å². The molecule has 3 amide bonds. The lowest BCUT2D eigenvalue weighted by molar-refractivity contribution is 0.0942. The number of carbonyl (C=O) groups excluding carboxylic acids is 2. The van der Waals surface area contributed by atoms with Crippen molar-refractivity contribution in [2.75, 3.05) is 20.6 Å². The van der Waals surface area contributed by atoms with E-state index in [0.29, 0.717) is 23.7 Å². The van der Waals surface area contributed by atoms with Crippen molar-refractivity contribution in [2.24, 2.45) is 0 Å². The monoisotopic (exact) mass is 416 g/mol. The minimum atomic E-state index is -0.212. The zero-order chi connectivity index (χ0) is 21.4. The molecule has 2 aromatic carbocycles. The SMILES string of the molecule is CC(C)NC(=O)NCc1ccc(C(=O)NC[C@H](c2ccccc2Cl)N(C)C)cc1. The molecule has 3 N–H and O–H groups in total. The third-order valence-electron chi connectivity index (χ3n) is 4.43. The lowest BCUT2D eigenvalue weighted by atomic mass is 10.1. The molecule has 0 saturated heterocycles. The summed E-state index contributed by atoms with van der Waals surface area (Å²) in [5.41, 5.74) is 2.46. The number of amides is 3. The molecule has 0 heterocycles. The first-order valence-corrected chi connectivity index (χ1v) is 9.98. The Labute approximate surface area is 177 Å². The summed E-state index contributed by atoms with van der Waals surface area (Å²) in [6.45, 7) is 4.64. The van der Waals surface area contributed by atoms with Gasteiger partial charge in [-0.25, -0.2) is 4.79 Å². The molecule has 2 aromatic rings. The number of hydrogen-bond acceptors (Lipinski definition) is 3. The van der Waals surface area contributed by atoms with E-state index in [1.807, 2.05) is 69.2 Å². The Balaban J connectivity index is 1.93. The number of halogens is 1. The van der Waals surface area contributed by atoms with Crippen molar-refractivity contribution in [3.63, 3.8) is 0 Å². The molecule has 7 heteroatoms. The van der Waals surface area contributed by atoms with Gasteiger partial charge in [-0.05, 0) is 57.3 Å². The van der Waals surface area contributed by atoms with Crippen LogP contribution in [-0.2, 0) is 6.54 Å². The second kappa shape index (κ2) is 10.8. The highest BCUT2D eigenvalue weighted by molar-refractivity contribution is 6.31. The van der Waals surface area contributed by atoms with E-state index in [0.717, 1.165) is 11.1 Å². The Morgan fingerprint density at radius 2 is 1.66 bits per heavy atom. The molecule has 0 aliphatic rings. The zero-order valence-corrected chi connectivity index (χ0v) is 18.1. The molecule has 6 nitrogen and oxygen atoms in total. The first-order valence-electron chi connectivity index (χ1n) is 9.60. The zero-order valence-electron chi connectivity index (χ0n) is 17.3. The summed E-state index contributed by atoms with van der Waals surface area (Å²) in [7, 11) is 3.91. The predicted molar refractivity (Wildman–Crippen MR) is 117 cm³/mol. The number of urea groups is 1. The Morgan fingerprint density at radius 3 is 2.24 bits per heavy atom. The predicted octanol–water partition coefficient (Wildman–Crippen LogP) is 3.58. The fourth-order valence-electron chi connectivity index (χ4n) is 2.88. The smallest absolute Gasteiger partial charge is 0.315 e. The normalized spacial score (nSPS) is 12.0. The van der Waals surface area contributed by atoms with Crippen LogP contribution in [0.25, 0.3) is 0 Å². The molecule has 0 aliphatic carbocycles. The number of hydrogen-bond donors (Lipinski definition) is 3. The molecule has 0 aromatic heterocycles. The topological polar surface area (TPSA) is 73.5 Å². The van der Waals surface area contributed by atoms with Gasteiger partial charge in [0, 0.05) is 29.7 Å². The minimum Gasteiger partial charge on any atom is -0.350 e. The third kappa shape index (κ3) is 7.07. The molecule has 2 rings (SSSR count). The van der Waals surface area contributed by atoms with Crippen molar-refractivity contribution in [3.8, 4) is 0 Å². The van der Waals surface area contributed by atoms with Gasteiger partial charge in [-0.15, -0.1) is 0 Å². The van der Waals surface area contributed by atoms with Gasteiger partial charge in [0.2, 0.25) is 0 Å². The van der Waals surface area contributed by atoms with Gasteiger partial charge in [-0.2, -0.15) is 0 Å². The molecular formula is C22H29ClN4O2. The van der Waals surface area contributed by atoms with E-state index in [-0.39, 0.29) is 24.0 Å². The molecule has 0 saturated carbocycles. The van der Waals surface area contributed by atoms with E-state index in [2.05, 4.69) is 16.0 Å². The molecule has 0 bridgehead atoms. The summed E-state index contributed by atoms with van der Waals surface area (Å²) in [5, 5.41) is 9.21. The van der Waals surface area contributed by atoms with E-state index in [1.54, 1.807) is 12.1 Å². The van der Waals surface area contributed by atoms with Gasteiger partial charge < -0.3 is 20.9 Å². The molecule has 0 aliphatic heterocycles. The lowest BCUT2D eigenvalue weighted by Crippen LogP contribution is -2.39. The Hall–Kier alpha value is -2.57. The van der Waals surface area contributed by atoms with E-state index < -0.39 is 0 Å². The van der Waals surface area contributed by atoms with Crippen molar-refractivity contribution in [3.05, 3.63) is 70.2 Å². The van der Waals surface area contributed by atoms with Gasteiger partial charge in [-0.1, -0.05) is 41.9 Å². The second-order valence-corrected chi connectivity index (χ2v) is 7.80. The molecule has 156 valence electrons. The number of nitrogens with zero attached hydrogens (tertiary/aromatic N) is 1. The maximum atomic E-state index is 12.5. The first-order chi connectivity index (χ1) is 13.8. The Morgan fingerprint density at radius 1 is 1.00 bits per heavy atom. The fraction of sp³-hybridized carbons (Fsp3) is 0.364. The molecule has 29 heavy (non-hydrogen) atoms. The van der Waals surface area contributed by atoms with Gasteiger partial charge in [-0.3, -0.25) is 4.79 Å². The number of likely N-dealkylation sites (N-methyl/N-ethyl adjacent to an activating group) is 1. The van der Waals surface area contributed by atoms with Crippen molar-refractivity contribution < 1.29 is 9.59 Å². The number of rotatable bonds is 8. The quantitative estimate of drug-likeness (QED) is 0.615. The van der Waals surface area contributed by atoms with E-state index in [1.165, 1.54) is 0 Å². The van der Waals surface area contributed by atoms with Crippen LogP contribution in [0, 0.1) is 0 Å². The van der Waals surface area contributed by atoms with E-state index in [4.69, 9.17) is 11.6 Å². The molecule has 0 fully saturated rings. The van der Waals surface area contributed by atoms with Crippen LogP contribution in [0.5, 0.6) is 0 Å². The average Bonchev–Trinajstić information content (AvgIpc) is 2.67. The van der Waals surface area contributed by atoms with Crippen LogP contribution in [0.15, 0.2) is 48.5 Å². The number of carbonyl (C=O) groups is 2. The minimum absolute atomic E-state index is 0.0319. The standard InChI is InChI=1S/C22H29ClN4O2/c1-15(2)26-22(29)25-13-16-9-11-17(12-10-16)21(28)24-14-20(27(3)4)18-7-5-6-8-19(18)23/h5-12,15,20H,13-14H2,1-4H3,(H,24,28)(H2,25,26,29)/t20-/m1/s1. The van der Waals surface area contributed by atoms with Crippen LogP contribution in [-0.4, -0.2) is 43.5 Å². The number of benzene rings is 2. The van der Waals surface area contributed by atoms with E-state index >= 15 is 0 Å². The lowest BCUT2D eigenvalue weighted by Gasteiger charge is -2.26. The Bertz CT molecular complexity index is 822. The van der Waals surface area contributed by atoms with Crippen LogP contribution in [0.2, 0.25) is 5.02 Å². The van der Waals surface area contributed by atoms with Crippen LogP contribution in [0.1, 0.15) is 41.4 Å². The van der Waals surface area contributed by atoms with Gasteiger partial charge in [0.15, 0.2) is 0 Å². The largest absolute Gasteiger partial charge is 0.350 e. The van der Waals surface area contributed by atoms with Gasteiger partial charge in [0.25, 0.3) is 5.91 Å². The van der Waals surface area contributed by atoms with Gasteiger partial charge in [0.05, 0.1) is 6.04 Å². The summed E-state index contributed by atoms with van der Waals surface area (Å²) in [4.78, 5) is 26.2. The third-order valence-corrected chi connectivity index (χ3v) is 4.78. The maximum Gasteiger partial charge on any atom is 0.315 e. The second-order valence-electron chi connectivity index (χ2n) is 7.39. The molecule has 0 unspecified atom stereocenters. The summed E-state index contributed by atoms with van der Waals surface area (Å²) in [5.74, 6) is -0.152. The summed E-state index contributed by atoms with van der Waals surface area (Å²) in [6, 6.07) is 14.7. The highest BCUT2D eigenvalue weighted by Gasteiger charge is 2.18. The van der Waals surface area contributed by atoms with Crippen molar-refractivity contribution >= 4 is 23.5 Å². The van der Waals surface area contributed by atoms with Gasteiger partial charge in [0.1, 0.15) is 0 Å². The van der Waals surface area contributed by atoms with Gasteiger partial charge >= 0.3 is 6.03 Å². The van der Waals surface area contributed by atoms with Crippen LogP contribution in [0.3, 0.4) is 0 Å². The maximum absolute atomic E-state index is 12.5. The average molecular weight is 417 g/mol. The molecule has 0 radical (unpaired) electrons. The van der Waals surface area contributed by atoms with Crippen LogP contribution in [0.4, 0.5) is 4.79 Å². The highest BCUT2D eigenvalue weighted by atomic mass is 35.5. The van der Waals surface area contributed by atoms with Crippen LogP contribution >= 0.6 is 11.6 Å². The van der Waals surface area contributed by atoms with Crippen molar-refractivity contribution in [1.82, 2.24) is 20.9 Å². The fourth-order valence-corrected chi connectivity index (χ4v) is 3.14. The van der Waals surface area contributed by atoms with E-state index in [9.17, 15) is 9.59 Å².